The second kappa shape index (κ2) is 12.2. The third kappa shape index (κ3) is 6.77. The van der Waals surface area contributed by atoms with E-state index in [2.05, 4.69) is 11.0 Å². The van der Waals surface area contributed by atoms with Crippen LogP contribution in [0.1, 0.15) is 11.1 Å². The van der Waals surface area contributed by atoms with Gasteiger partial charge in [0, 0.05) is 32.7 Å². The van der Waals surface area contributed by atoms with Gasteiger partial charge in [-0.05, 0) is 53.6 Å². The van der Waals surface area contributed by atoms with E-state index in [9.17, 15) is 14.8 Å². The lowest BCUT2D eigenvalue weighted by atomic mass is 10.0. The average Bonchev–Trinajstić information content (AvgIpc) is 2.89. The van der Waals surface area contributed by atoms with Crippen molar-refractivity contribution in [2.75, 3.05) is 44.2 Å². The Balaban J connectivity index is 1.26. The summed E-state index contributed by atoms with van der Waals surface area (Å²) < 4.78 is 19.8. The lowest BCUT2D eigenvalue weighted by Gasteiger charge is -2.36. The number of allylic oxidation sites excluding steroid dienone is 1. The highest BCUT2D eigenvalue weighted by molar-refractivity contribution is 6.42. The molecular formula is C28H26Cl2FN3O2. The van der Waals surface area contributed by atoms with Crippen LogP contribution in [0, 0.1) is 17.1 Å². The molecule has 1 aliphatic heterocycles. The van der Waals surface area contributed by atoms with Crippen molar-refractivity contribution in [2.24, 2.45) is 0 Å². The van der Waals surface area contributed by atoms with Crippen LogP contribution < -0.4 is 9.64 Å². The molecule has 36 heavy (non-hydrogen) atoms. The average molecular weight is 526 g/mol. The minimum absolute atomic E-state index is 0.162. The Bertz CT molecular complexity index is 1250. The molecule has 1 aliphatic rings. The predicted molar refractivity (Wildman–Crippen MR) is 143 cm³/mol. The number of ether oxygens (including phenoxy) is 1. The Morgan fingerprint density at radius 2 is 1.75 bits per heavy atom. The number of rotatable bonds is 8. The van der Waals surface area contributed by atoms with E-state index in [-0.39, 0.29) is 12.4 Å². The van der Waals surface area contributed by atoms with E-state index in [0.29, 0.717) is 52.3 Å². The molecule has 1 heterocycles. The molecule has 5 nitrogen and oxygen atoms in total. The van der Waals surface area contributed by atoms with Gasteiger partial charge >= 0.3 is 0 Å². The fourth-order valence-corrected chi connectivity index (χ4v) is 4.39. The number of aliphatic hydroxyl groups is 1. The van der Waals surface area contributed by atoms with Crippen LogP contribution in [0.15, 0.2) is 66.7 Å². The Morgan fingerprint density at radius 3 is 2.42 bits per heavy atom. The molecule has 0 spiro atoms. The first-order valence-electron chi connectivity index (χ1n) is 11.6. The van der Waals surface area contributed by atoms with Crippen molar-refractivity contribution in [2.45, 2.75) is 6.10 Å². The van der Waals surface area contributed by atoms with Crippen LogP contribution in [0.2, 0.25) is 10.0 Å². The number of piperazine rings is 1. The maximum absolute atomic E-state index is 14.0. The van der Waals surface area contributed by atoms with Gasteiger partial charge in [0.25, 0.3) is 0 Å². The van der Waals surface area contributed by atoms with Gasteiger partial charge in [0.15, 0.2) is 0 Å². The Kier molecular flexibility index (Phi) is 8.84. The van der Waals surface area contributed by atoms with E-state index in [1.165, 1.54) is 6.07 Å². The van der Waals surface area contributed by atoms with Gasteiger partial charge in [0.1, 0.15) is 24.3 Å². The maximum atomic E-state index is 14.0. The number of halogens is 3. The number of nitriles is 1. The Morgan fingerprint density at radius 1 is 1.03 bits per heavy atom. The summed E-state index contributed by atoms with van der Waals surface area (Å²) in [6.45, 7) is 3.54. The summed E-state index contributed by atoms with van der Waals surface area (Å²) in [5.41, 5.74) is 2.61. The number of hydrogen-bond donors (Lipinski definition) is 1. The zero-order valence-corrected chi connectivity index (χ0v) is 21.1. The molecule has 0 amide bonds. The molecule has 8 heteroatoms. The molecule has 3 aromatic rings. The van der Waals surface area contributed by atoms with Crippen molar-refractivity contribution >= 4 is 40.5 Å². The van der Waals surface area contributed by atoms with Gasteiger partial charge in [-0.25, -0.2) is 4.39 Å². The zero-order chi connectivity index (χ0) is 25.5. The highest BCUT2D eigenvalue weighted by atomic mass is 35.5. The number of hydrogen-bond acceptors (Lipinski definition) is 5. The van der Waals surface area contributed by atoms with Crippen molar-refractivity contribution in [3.63, 3.8) is 0 Å². The second-order valence-corrected chi connectivity index (χ2v) is 9.39. The lowest BCUT2D eigenvalue weighted by Crippen LogP contribution is -2.49. The number of benzene rings is 3. The Hall–Kier alpha value is -3.08. The first kappa shape index (κ1) is 26.0. The van der Waals surface area contributed by atoms with Crippen molar-refractivity contribution in [3.8, 4) is 11.8 Å². The zero-order valence-electron chi connectivity index (χ0n) is 19.6. The summed E-state index contributed by atoms with van der Waals surface area (Å²) in [5, 5.41) is 20.8. The molecule has 0 bridgehead atoms. The van der Waals surface area contributed by atoms with Gasteiger partial charge in [0.2, 0.25) is 0 Å². The summed E-state index contributed by atoms with van der Waals surface area (Å²) in [5.74, 6) is 0.419. The number of β-amino-alcohol motifs (C(OH)–C–C–N with tert-alkyl or cyclic N) is 1. The van der Waals surface area contributed by atoms with Crippen molar-refractivity contribution in [1.82, 2.24) is 4.90 Å². The molecule has 4 rings (SSSR count). The van der Waals surface area contributed by atoms with E-state index in [1.807, 2.05) is 23.1 Å². The highest BCUT2D eigenvalue weighted by Gasteiger charge is 2.21. The molecular weight excluding hydrogens is 500 g/mol. The first-order chi connectivity index (χ1) is 17.4. The molecule has 0 aromatic heterocycles. The summed E-state index contributed by atoms with van der Waals surface area (Å²) in [4.78, 5) is 4.19. The van der Waals surface area contributed by atoms with Gasteiger partial charge in [-0.15, -0.1) is 0 Å². The topological polar surface area (TPSA) is 59.7 Å². The quantitative estimate of drug-likeness (QED) is 0.299. The first-order valence-corrected chi connectivity index (χ1v) is 12.4. The van der Waals surface area contributed by atoms with Crippen LogP contribution >= 0.6 is 23.2 Å². The second-order valence-electron chi connectivity index (χ2n) is 8.57. The van der Waals surface area contributed by atoms with Crippen LogP contribution in [0.4, 0.5) is 10.1 Å². The molecule has 1 atom stereocenters. The summed E-state index contributed by atoms with van der Waals surface area (Å²) in [7, 11) is 0. The Labute approximate surface area is 220 Å². The fourth-order valence-electron chi connectivity index (χ4n) is 4.09. The third-order valence-corrected chi connectivity index (χ3v) is 6.76. The summed E-state index contributed by atoms with van der Waals surface area (Å²) in [6.07, 6.45) is 1.11. The number of anilines is 1. The minimum Gasteiger partial charge on any atom is -0.491 e. The van der Waals surface area contributed by atoms with Gasteiger partial charge < -0.3 is 14.7 Å². The van der Waals surface area contributed by atoms with E-state index >= 15 is 0 Å². The fraction of sp³-hybridized carbons (Fsp3) is 0.250. The molecule has 0 aliphatic carbocycles. The SMILES string of the molecule is N#C/C(=C\c1ccc(OCC(O)CN2CCN(c3ccccc3F)CC2)cc1)c1ccc(Cl)c(Cl)c1. The third-order valence-electron chi connectivity index (χ3n) is 6.02. The largest absolute Gasteiger partial charge is 0.491 e. The van der Waals surface area contributed by atoms with Crippen LogP contribution in [0.25, 0.3) is 11.6 Å². The van der Waals surface area contributed by atoms with Crippen LogP contribution in [-0.4, -0.2) is 55.4 Å². The van der Waals surface area contributed by atoms with Crippen molar-refractivity contribution in [3.05, 3.63) is 93.7 Å². The van der Waals surface area contributed by atoms with Crippen LogP contribution in [0.3, 0.4) is 0 Å². The van der Waals surface area contributed by atoms with E-state index < -0.39 is 6.10 Å². The van der Waals surface area contributed by atoms with E-state index in [4.69, 9.17) is 27.9 Å². The van der Waals surface area contributed by atoms with Crippen LogP contribution in [-0.2, 0) is 0 Å². The number of nitrogens with zero attached hydrogens (tertiary/aromatic N) is 3. The molecule has 1 saturated heterocycles. The standard InChI is InChI=1S/C28H26Cl2FN3O2/c29-25-10-7-21(16-26(25)30)22(17-32)15-20-5-8-24(9-6-20)36-19-23(35)18-33-11-13-34(14-12-33)28-4-2-1-3-27(28)31/h1-10,15-16,23,35H,11-14,18-19H2/b22-15+. The van der Waals surface area contributed by atoms with Crippen molar-refractivity contribution in [1.29, 1.82) is 5.26 Å². The molecule has 1 fully saturated rings. The smallest absolute Gasteiger partial charge is 0.146 e. The van der Waals surface area contributed by atoms with Gasteiger partial charge in [-0.2, -0.15) is 5.26 Å². The normalized spacial score (nSPS) is 15.4. The molecule has 1 unspecified atom stereocenters. The number of para-hydroxylation sites is 1. The minimum atomic E-state index is -0.649. The summed E-state index contributed by atoms with van der Waals surface area (Å²) in [6, 6.07) is 21.4. The highest BCUT2D eigenvalue weighted by Crippen LogP contribution is 2.27. The molecule has 3 aromatic carbocycles. The van der Waals surface area contributed by atoms with Gasteiger partial charge in [-0.3, -0.25) is 4.90 Å². The number of aliphatic hydroxyl groups excluding tert-OH is 1. The molecule has 186 valence electrons. The monoisotopic (exact) mass is 525 g/mol. The van der Waals surface area contributed by atoms with Gasteiger partial charge in [-0.1, -0.05) is 53.5 Å². The molecule has 0 saturated carbocycles. The summed E-state index contributed by atoms with van der Waals surface area (Å²) >= 11 is 12.0. The maximum Gasteiger partial charge on any atom is 0.146 e. The van der Waals surface area contributed by atoms with E-state index in [0.717, 1.165) is 18.7 Å². The van der Waals surface area contributed by atoms with Gasteiger partial charge in [0.05, 0.1) is 27.4 Å². The molecule has 0 radical (unpaired) electrons. The van der Waals surface area contributed by atoms with Crippen molar-refractivity contribution < 1.29 is 14.2 Å². The molecule has 1 N–H and O–H groups in total. The van der Waals surface area contributed by atoms with Crippen LogP contribution in [0.5, 0.6) is 5.75 Å². The van der Waals surface area contributed by atoms with E-state index in [1.54, 1.807) is 48.5 Å². The predicted octanol–water partition coefficient (Wildman–Crippen LogP) is 5.76. The lowest BCUT2D eigenvalue weighted by molar-refractivity contribution is 0.0662.